The minimum absolute atomic E-state index is 0.0166. The van der Waals surface area contributed by atoms with Crippen LogP contribution in [0.25, 0.3) is 0 Å². The molecule has 0 radical (unpaired) electrons. The van der Waals surface area contributed by atoms with Crippen molar-refractivity contribution >= 4 is 5.97 Å². The lowest BCUT2D eigenvalue weighted by molar-refractivity contribution is -0.141. The summed E-state index contributed by atoms with van der Waals surface area (Å²) in [5, 5.41) is 9.48. The highest BCUT2D eigenvalue weighted by molar-refractivity contribution is 5.92. The molecule has 0 saturated carbocycles. The van der Waals surface area contributed by atoms with E-state index in [9.17, 15) is 23.2 Å². The number of nitrogens with zero attached hydrogens (tertiary/aromatic N) is 1. The van der Waals surface area contributed by atoms with Crippen LogP contribution in [0.4, 0.5) is 13.2 Å². The van der Waals surface area contributed by atoms with Gasteiger partial charge in [0.25, 0.3) is 0 Å². The number of esters is 1. The number of nitrogens with two attached hydrogens (primary N) is 1. The number of halogens is 3. The number of methoxy groups -OCH3 is 1. The van der Waals surface area contributed by atoms with E-state index < -0.39 is 23.6 Å². The van der Waals surface area contributed by atoms with E-state index in [1.165, 1.54) is 25.3 Å². The summed E-state index contributed by atoms with van der Waals surface area (Å²) >= 11 is 0. The normalized spacial score (nSPS) is 17.4. The first-order chi connectivity index (χ1) is 12.8. The molecule has 1 aromatic carbocycles. The van der Waals surface area contributed by atoms with E-state index in [-0.39, 0.29) is 41.6 Å². The number of carbonyl (C=O) groups is 1. The van der Waals surface area contributed by atoms with Gasteiger partial charge in [-0.3, -0.25) is 0 Å². The van der Waals surface area contributed by atoms with Crippen molar-refractivity contribution in [1.82, 2.24) is 0 Å². The molecule has 0 amide bonds. The van der Waals surface area contributed by atoms with Crippen LogP contribution in [0.1, 0.15) is 24.0 Å². The third-order valence-corrected chi connectivity index (χ3v) is 3.84. The maximum atomic E-state index is 13.5. The first kappa shape index (κ1) is 20.3. The fourth-order valence-corrected chi connectivity index (χ4v) is 2.81. The van der Waals surface area contributed by atoms with Crippen molar-refractivity contribution in [2.45, 2.75) is 19.0 Å². The average Bonchev–Trinajstić information content (AvgIpc) is 2.61. The summed E-state index contributed by atoms with van der Waals surface area (Å²) in [6.45, 7) is 1.29. The quantitative estimate of drug-likeness (QED) is 0.787. The molecule has 1 aromatic rings. The van der Waals surface area contributed by atoms with Crippen LogP contribution in [0.3, 0.4) is 0 Å². The Balaban J connectivity index is 2.79. The van der Waals surface area contributed by atoms with Gasteiger partial charge in [-0.25, -0.2) is 4.79 Å². The van der Waals surface area contributed by atoms with Crippen molar-refractivity contribution in [2.24, 2.45) is 5.73 Å². The number of alkyl halides is 3. The molecule has 0 spiro atoms. The minimum atomic E-state index is -4.70. The number of nitriles is 1. The molecule has 1 aliphatic rings. The molecule has 1 atom stereocenters. The molecule has 0 saturated heterocycles. The second-order valence-electron chi connectivity index (χ2n) is 5.50. The van der Waals surface area contributed by atoms with Crippen LogP contribution in [0.2, 0.25) is 0 Å². The van der Waals surface area contributed by atoms with Gasteiger partial charge in [0.1, 0.15) is 24.0 Å². The van der Waals surface area contributed by atoms with Crippen molar-refractivity contribution in [1.29, 1.82) is 5.26 Å². The molecule has 2 rings (SSSR count). The van der Waals surface area contributed by atoms with Crippen LogP contribution in [0.5, 0.6) is 0 Å². The Labute approximate surface area is 153 Å². The predicted octanol–water partition coefficient (Wildman–Crippen LogP) is 2.98. The summed E-state index contributed by atoms with van der Waals surface area (Å²) in [7, 11) is 1.32. The zero-order chi connectivity index (χ0) is 20.2. The molecule has 0 aromatic heterocycles. The Hall–Kier alpha value is -2.99. The van der Waals surface area contributed by atoms with Gasteiger partial charge in [-0.1, -0.05) is 18.2 Å². The van der Waals surface area contributed by atoms with Crippen molar-refractivity contribution in [3.05, 3.63) is 58.2 Å². The Kier molecular flexibility index (Phi) is 6.13. The minimum Gasteiger partial charge on any atom is -0.463 e. The van der Waals surface area contributed by atoms with Crippen LogP contribution in [-0.2, 0) is 25.2 Å². The van der Waals surface area contributed by atoms with Crippen LogP contribution in [0, 0.1) is 11.3 Å². The molecule has 0 unspecified atom stereocenters. The third-order valence-electron chi connectivity index (χ3n) is 3.84. The first-order valence-electron chi connectivity index (χ1n) is 7.89. The molecule has 0 fully saturated rings. The Bertz CT molecular complexity index is 838. The smallest absolute Gasteiger partial charge is 0.416 e. The Morgan fingerprint density at radius 2 is 2.04 bits per heavy atom. The van der Waals surface area contributed by atoms with E-state index in [1.807, 2.05) is 0 Å². The topological polar surface area (TPSA) is 94.6 Å². The summed E-state index contributed by atoms with van der Waals surface area (Å²) in [5.41, 5.74) is 3.89. The molecule has 0 bridgehead atoms. The zero-order valence-corrected chi connectivity index (χ0v) is 14.6. The maximum absolute atomic E-state index is 13.5. The lowest BCUT2D eigenvalue weighted by Crippen LogP contribution is -2.29. The first-order valence-corrected chi connectivity index (χ1v) is 7.89. The lowest BCUT2D eigenvalue weighted by Gasteiger charge is -2.29. The number of hydrogen-bond acceptors (Lipinski definition) is 6. The van der Waals surface area contributed by atoms with Gasteiger partial charge in [0.15, 0.2) is 0 Å². The molecule has 9 heteroatoms. The van der Waals surface area contributed by atoms with E-state index in [4.69, 9.17) is 19.9 Å². The molecule has 144 valence electrons. The lowest BCUT2D eigenvalue weighted by atomic mass is 9.80. The predicted molar refractivity (Wildman–Crippen MR) is 87.6 cm³/mol. The summed E-state index contributed by atoms with van der Waals surface area (Å²) < 4.78 is 55.8. The highest BCUT2D eigenvalue weighted by Gasteiger charge is 2.42. The van der Waals surface area contributed by atoms with Gasteiger partial charge in [0, 0.05) is 7.11 Å². The monoisotopic (exact) mass is 382 g/mol. The summed E-state index contributed by atoms with van der Waals surface area (Å²) in [5.74, 6) is -2.80. The van der Waals surface area contributed by atoms with E-state index in [2.05, 4.69) is 0 Å². The number of carbonyl (C=O) groups excluding carboxylic acids is 1. The largest absolute Gasteiger partial charge is 0.463 e. The van der Waals surface area contributed by atoms with E-state index in [1.54, 1.807) is 13.0 Å². The molecule has 6 nitrogen and oxygen atoms in total. The average molecular weight is 382 g/mol. The van der Waals surface area contributed by atoms with Crippen LogP contribution >= 0.6 is 0 Å². The fraction of sp³-hybridized carbons (Fsp3) is 0.333. The molecular weight excluding hydrogens is 365 g/mol. The summed E-state index contributed by atoms with van der Waals surface area (Å²) in [4.78, 5) is 12.5. The second-order valence-corrected chi connectivity index (χ2v) is 5.50. The van der Waals surface area contributed by atoms with Crippen molar-refractivity contribution in [2.75, 3.05) is 20.3 Å². The van der Waals surface area contributed by atoms with Gasteiger partial charge in [-0.15, -0.1) is 0 Å². The summed E-state index contributed by atoms with van der Waals surface area (Å²) in [6, 6.07) is 6.40. The van der Waals surface area contributed by atoms with Gasteiger partial charge >= 0.3 is 12.1 Å². The van der Waals surface area contributed by atoms with Crippen LogP contribution < -0.4 is 5.73 Å². The number of allylic oxidation sites excluding steroid dienone is 1. The summed E-state index contributed by atoms with van der Waals surface area (Å²) in [6.07, 6.45) is -4.70. The van der Waals surface area contributed by atoms with Gasteiger partial charge in [-0.05, 0) is 18.6 Å². The SMILES string of the molecule is CCOC(=O)C1=C(COC)OC(N)=C(C#N)[C@@H]1c1ccccc1C(F)(F)F. The number of hydrogen-bond donors (Lipinski definition) is 1. The van der Waals surface area contributed by atoms with Crippen LogP contribution in [-0.4, -0.2) is 26.3 Å². The standard InChI is InChI=1S/C18H17F3N2O4/c1-3-26-17(24)15-13(9-25-2)27-16(23)11(8-22)14(15)10-6-4-5-7-12(10)18(19,20)21/h4-7,14H,3,9,23H2,1-2H3/t14-/m0/s1. The highest BCUT2D eigenvalue weighted by atomic mass is 19.4. The third kappa shape index (κ3) is 4.06. The Morgan fingerprint density at radius 3 is 2.59 bits per heavy atom. The van der Waals surface area contributed by atoms with Gasteiger partial charge in [0.2, 0.25) is 5.88 Å². The molecule has 0 aliphatic carbocycles. The molecule has 27 heavy (non-hydrogen) atoms. The maximum Gasteiger partial charge on any atom is 0.416 e. The molecular formula is C18H17F3N2O4. The molecule has 1 heterocycles. The second kappa shape index (κ2) is 8.14. The fourth-order valence-electron chi connectivity index (χ4n) is 2.81. The van der Waals surface area contributed by atoms with Gasteiger partial charge in [0.05, 0.1) is 23.7 Å². The van der Waals surface area contributed by atoms with E-state index in [0.29, 0.717) is 0 Å². The number of benzene rings is 1. The van der Waals surface area contributed by atoms with Crippen molar-refractivity contribution in [3.63, 3.8) is 0 Å². The highest BCUT2D eigenvalue weighted by Crippen LogP contribution is 2.44. The van der Waals surface area contributed by atoms with E-state index in [0.717, 1.165) is 6.07 Å². The Morgan fingerprint density at radius 1 is 1.37 bits per heavy atom. The zero-order valence-electron chi connectivity index (χ0n) is 14.6. The molecule has 2 N–H and O–H groups in total. The van der Waals surface area contributed by atoms with Crippen molar-refractivity contribution in [3.8, 4) is 6.07 Å². The van der Waals surface area contributed by atoms with E-state index >= 15 is 0 Å². The van der Waals surface area contributed by atoms with Crippen molar-refractivity contribution < 1.29 is 32.2 Å². The molecule has 1 aliphatic heterocycles. The number of ether oxygens (including phenoxy) is 3. The number of rotatable bonds is 5. The van der Waals surface area contributed by atoms with Gasteiger partial charge < -0.3 is 19.9 Å². The van der Waals surface area contributed by atoms with Crippen LogP contribution in [0.15, 0.2) is 47.1 Å². The van der Waals surface area contributed by atoms with Gasteiger partial charge in [-0.2, -0.15) is 18.4 Å².